The van der Waals surface area contributed by atoms with Crippen LogP contribution in [-0.4, -0.2) is 33.6 Å². The number of nitrogens with one attached hydrogen (secondary N) is 1. The summed E-state index contributed by atoms with van der Waals surface area (Å²) in [4.78, 5) is 32.7. The van der Waals surface area contributed by atoms with Gasteiger partial charge in [0.25, 0.3) is 11.6 Å². The van der Waals surface area contributed by atoms with Crippen LogP contribution in [0.1, 0.15) is 15.4 Å². The molecule has 0 radical (unpaired) electrons. The van der Waals surface area contributed by atoms with E-state index < -0.39 is 20.7 Å². The number of non-ortho nitro benzene ring substituents is 1. The molecule has 0 saturated carbocycles. The number of hydrogen-bond donors (Lipinski definition) is 1. The van der Waals surface area contributed by atoms with Crippen molar-refractivity contribution < 1.29 is 18.1 Å². The van der Waals surface area contributed by atoms with Gasteiger partial charge in [-0.3, -0.25) is 24.6 Å². The van der Waals surface area contributed by atoms with E-state index in [1.807, 2.05) is 40.9 Å². The van der Waals surface area contributed by atoms with Crippen LogP contribution < -0.4 is 5.32 Å². The highest BCUT2D eigenvalue weighted by Crippen LogP contribution is 2.31. The van der Waals surface area contributed by atoms with Crippen molar-refractivity contribution in [2.75, 3.05) is 5.32 Å². The number of sulfone groups is 1. The number of thiazole rings is 2. The molecule has 1 N–H and O–H groups in total. The summed E-state index contributed by atoms with van der Waals surface area (Å²) >= 11 is 2.02. The zero-order chi connectivity index (χ0) is 24.7. The molecule has 0 atom stereocenters. The van der Waals surface area contributed by atoms with Gasteiger partial charge in [-0.15, -0.1) is 0 Å². The second kappa shape index (κ2) is 8.69. The number of nitro groups is 1. The van der Waals surface area contributed by atoms with Crippen molar-refractivity contribution in [1.82, 2.24) is 14.4 Å². The van der Waals surface area contributed by atoms with Gasteiger partial charge in [-0.25, -0.2) is 18.4 Å². The molecule has 0 aliphatic carbocycles. The minimum atomic E-state index is -3.94. The highest BCUT2D eigenvalue weighted by atomic mass is 32.2. The fourth-order valence-corrected chi connectivity index (χ4v) is 6.80. The molecule has 5 aromatic rings. The van der Waals surface area contributed by atoms with Gasteiger partial charge in [0, 0.05) is 29.6 Å². The maximum absolute atomic E-state index is 12.9. The lowest BCUT2D eigenvalue weighted by atomic mass is 10.2. The average molecular weight is 526 g/mol. The minimum Gasteiger partial charge on any atom is -0.297 e. The molecule has 2 aromatic carbocycles. The maximum Gasteiger partial charge on any atom is 0.269 e. The molecule has 0 saturated heterocycles. The molecule has 0 fully saturated rings. The van der Waals surface area contributed by atoms with Crippen LogP contribution in [0.15, 0.2) is 76.1 Å². The second-order valence-corrected chi connectivity index (χ2v) is 11.5. The Morgan fingerprint density at radius 1 is 1.09 bits per heavy atom. The third-order valence-corrected chi connectivity index (χ3v) is 9.46. The lowest BCUT2D eigenvalue weighted by molar-refractivity contribution is -0.384. The Morgan fingerprint density at radius 3 is 2.46 bits per heavy atom. The second-order valence-electron chi connectivity index (χ2n) is 7.35. The number of hydrogen-bond acceptors (Lipinski definition) is 9. The summed E-state index contributed by atoms with van der Waals surface area (Å²) in [5.74, 6) is -0.423. The van der Waals surface area contributed by atoms with E-state index in [0.717, 1.165) is 40.9 Å². The summed E-state index contributed by atoms with van der Waals surface area (Å²) in [6, 6.07) is 14.3. The predicted molar refractivity (Wildman–Crippen MR) is 132 cm³/mol. The highest BCUT2D eigenvalue weighted by Gasteiger charge is 2.24. The van der Waals surface area contributed by atoms with Crippen LogP contribution in [0.25, 0.3) is 16.2 Å². The van der Waals surface area contributed by atoms with Gasteiger partial charge in [0.2, 0.25) is 9.84 Å². The standard InChI is InChI=1S/C22H15N5O5S3/c1-13-19(34-22-24-17(12-26(13)22)14-5-3-2-4-6-14)20(28)25-21-23-11-18(33-21)35(31,32)16-9-7-15(8-10-16)27(29)30/h2-12H,1H3,(H,23,25,28). The van der Waals surface area contributed by atoms with Crippen LogP contribution in [0.4, 0.5) is 10.8 Å². The Labute approximate surface area is 206 Å². The number of amides is 1. The van der Waals surface area contributed by atoms with Crippen LogP contribution in [0, 0.1) is 17.0 Å². The molecule has 13 heteroatoms. The van der Waals surface area contributed by atoms with E-state index in [2.05, 4.69) is 15.3 Å². The van der Waals surface area contributed by atoms with Crippen molar-refractivity contribution in [3.05, 3.63) is 87.7 Å². The Morgan fingerprint density at radius 2 is 1.80 bits per heavy atom. The van der Waals surface area contributed by atoms with Gasteiger partial charge in [0.15, 0.2) is 10.1 Å². The van der Waals surface area contributed by atoms with Crippen molar-refractivity contribution in [2.24, 2.45) is 0 Å². The van der Waals surface area contributed by atoms with Crippen molar-refractivity contribution in [3.8, 4) is 11.3 Å². The van der Waals surface area contributed by atoms with Crippen LogP contribution in [0.2, 0.25) is 0 Å². The van der Waals surface area contributed by atoms with E-state index in [1.165, 1.54) is 23.5 Å². The van der Waals surface area contributed by atoms with Crippen molar-refractivity contribution in [2.45, 2.75) is 16.0 Å². The third-order valence-electron chi connectivity index (χ3n) is 5.16. The number of aromatic nitrogens is 3. The van der Waals surface area contributed by atoms with E-state index >= 15 is 0 Å². The van der Waals surface area contributed by atoms with E-state index in [-0.39, 0.29) is 19.9 Å². The molecule has 3 heterocycles. The zero-order valence-corrected chi connectivity index (χ0v) is 20.4. The number of nitrogens with zero attached hydrogens (tertiary/aromatic N) is 4. The number of imidazole rings is 1. The van der Waals surface area contributed by atoms with Gasteiger partial charge in [-0.1, -0.05) is 53.0 Å². The molecule has 5 rings (SSSR count). The monoisotopic (exact) mass is 525 g/mol. The normalized spacial score (nSPS) is 11.6. The molecule has 1 amide bonds. The Hall–Kier alpha value is -3.94. The quantitative estimate of drug-likeness (QED) is 0.248. The largest absolute Gasteiger partial charge is 0.297 e. The number of carbonyl (C=O) groups excluding carboxylic acids is 1. The van der Waals surface area contributed by atoms with Crippen LogP contribution in [0.5, 0.6) is 0 Å². The molecule has 10 nitrogen and oxygen atoms in total. The predicted octanol–water partition coefficient (Wildman–Crippen LogP) is 4.82. The Kier molecular flexibility index (Phi) is 5.67. The van der Waals surface area contributed by atoms with Crippen molar-refractivity contribution >= 4 is 54.2 Å². The molecule has 3 aromatic heterocycles. The summed E-state index contributed by atoms with van der Waals surface area (Å²) in [6.45, 7) is 1.81. The van der Waals surface area contributed by atoms with Crippen LogP contribution >= 0.6 is 22.7 Å². The molecule has 0 aliphatic heterocycles. The summed E-state index contributed by atoms with van der Waals surface area (Å²) in [7, 11) is -3.94. The smallest absolute Gasteiger partial charge is 0.269 e. The molecule has 0 spiro atoms. The fraction of sp³-hybridized carbons (Fsp3) is 0.0455. The molecule has 0 aliphatic rings. The van der Waals surface area contributed by atoms with Gasteiger partial charge in [-0.05, 0) is 19.1 Å². The molecule has 0 unspecified atom stereocenters. The van der Waals surface area contributed by atoms with Crippen LogP contribution in [-0.2, 0) is 9.84 Å². The molecular weight excluding hydrogens is 510 g/mol. The van der Waals surface area contributed by atoms with Gasteiger partial charge >= 0.3 is 0 Å². The van der Waals surface area contributed by atoms with E-state index in [9.17, 15) is 23.3 Å². The van der Waals surface area contributed by atoms with Crippen LogP contribution in [0.3, 0.4) is 0 Å². The van der Waals surface area contributed by atoms with Crippen molar-refractivity contribution in [1.29, 1.82) is 0 Å². The van der Waals surface area contributed by atoms with E-state index in [4.69, 9.17) is 0 Å². The topological polar surface area (TPSA) is 137 Å². The summed E-state index contributed by atoms with van der Waals surface area (Å²) in [6.07, 6.45) is 3.02. The number of rotatable bonds is 6. The number of carbonyl (C=O) groups is 1. The number of fused-ring (bicyclic) bond motifs is 1. The molecular formula is C22H15N5O5S3. The first kappa shape index (κ1) is 22.8. The first-order chi connectivity index (χ1) is 16.7. The number of benzene rings is 2. The highest BCUT2D eigenvalue weighted by molar-refractivity contribution is 7.93. The van der Waals surface area contributed by atoms with Crippen molar-refractivity contribution in [3.63, 3.8) is 0 Å². The average Bonchev–Trinajstić information content (AvgIpc) is 3.56. The SMILES string of the molecule is Cc1c(C(=O)Nc2ncc(S(=O)(=O)c3ccc([N+](=O)[O-])cc3)s2)sc2nc(-c3ccccc3)cn12. The first-order valence-electron chi connectivity index (χ1n) is 10.0. The Bertz CT molecular complexity index is 1690. The Balaban J connectivity index is 1.36. The molecule has 35 heavy (non-hydrogen) atoms. The van der Waals surface area contributed by atoms with Gasteiger partial charge in [0.1, 0.15) is 9.09 Å². The number of anilines is 1. The number of aryl methyl sites for hydroxylation is 1. The lowest BCUT2D eigenvalue weighted by Gasteiger charge is -2.01. The van der Waals surface area contributed by atoms with E-state index in [1.54, 1.807) is 6.92 Å². The van der Waals surface area contributed by atoms with E-state index in [0.29, 0.717) is 15.5 Å². The van der Waals surface area contributed by atoms with Gasteiger partial charge < -0.3 is 0 Å². The maximum atomic E-state index is 12.9. The molecule has 176 valence electrons. The summed E-state index contributed by atoms with van der Waals surface area (Å²) in [5.41, 5.74) is 2.26. The summed E-state index contributed by atoms with van der Waals surface area (Å²) < 4.78 is 27.4. The van der Waals surface area contributed by atoms with Gasteiger partial charge in [-0.2, -0.15) is 0 Å². The summed E-state index contributed by atoms with van der Waals surface area (Å²) in [5, 5.41) is 13.6. The zero-order valence-electron chi connectivity index (χ0n) is 17.9. The fourth-order valence-electron chi connectivity index (χ4n) is 3.37. The minimum absolute atomic E-state index is 0.0909. The third kappa shape index (κ3) is 4.20. The first-order valence-corrected chi connectivity index (χ1v) is 13.2. The lowest BCUT2D eigenvalue weighted by Crippen LogP contribution is -2.11. The number of nitro benzene ring substituents is 1. The van der Waals surface area contributed by atoms with Gasteiger partial charge in [0.05, 0.1) is 21.7 Å². The molecule has 0 bridgehead atoms.